The molecule has 0 spiro atoms. The Hall–Kier alpha value is -2.69. The van der Waals surface area contributed by atoms with Gasteiger partial charge >= 0.3 is 5.97 Å². The van der Waals surface area contributed by atoms with Crippen molar-refractivity contribution in [1.82, 2.24) is 10.3 Å². The molecule has 5 heteroatoms. The molecule has 22 heavy (non-hydrogen) atoms. The largest absolute Gasteiger partial charge is 0.465 e. The molecule has 1 fully saturated rings. The molecule has 1 N–H and O–H groups in total. The summed E-state index contributed by atoms with van der Waals surface area (Å²) >= 11 is 0. The maximum atomic E-state index is 11.8. The highest BCUT2D eigenvalue weighted by Crippen LogP contribution is 2.27. The minimum absolute atomic E-state index is 0.0896. The number of hydrogen-bond acceptors (Lipinski definition) is 4. The molecule has 1 aliphatic rings. The predicted molar refractivity (Wildman–Crippen MR) is 81.4 cm³/mol. The van der Waals surface area contributed by atoms with E-state index in [-0.39, 0.29) is 11.8 Å². The number of carbonyl (C=O) groups is 2. The van der Waals surface area contributed by atoms with Crippen LogP contribution in [0.25, 0.3) is 11.3 Å². The van der Waals surface area contributed by atoms with Gasteiger partial charge in [0.05, 0.1) is 18.4 Å². The summed E-state index contributed by atoms with van der Waals surface area (Å²) in [6.07, 6.45) is 2.17. The van der Waals surface area contributed by atoms with Crippen LogP contribution in [0.2, 0.25) is 0 Å². The monoisotopic (exact) mass is 296 g/mol. The number of ether oxygens (including phenoxy) is 1. The first-order valence-electron chi connectivity index (χ1n) is 7.09. The number of nitrogens with zero attached hydrogens (tertiary/aromatic N) is 1. The number of esters is 1. The lowest BCUT2D eigenvalue weighted by molar-refractivity contribution is -0.119. The molecule has 3 rings (SSSR count). The molecule has 0 bridgehead atoms. The molecule has 1 aliphatic heterocycles. The van der Waals surface area contributed by atoms with Gasteiger partial charge in [-0.1, -0.05) is 24.3 Å². The first kappa shape index (κ1) is 14.3. The topological polar surface area (TPSA) is 68.3 Å². The van der Waals surface area contributed by atoms with E-state index in [1.807, 2.05) is 24.3 Å². The van der Waals surface area contributed by atoms with Crippen LogP contribution in [-0.4, -0.2) is 30.5 Å². The van der Waals surface area contributed by atoms with Gasteiger partial charge in [-0.2, -0.15) is 0 Å². The number of nitrogens with one attached hydrogen (secondary N) is 1. The van der Waals surface area contributed by atoms with Crippen molar-refractivity contribution in [1.29, 1.82) is 0 Å². The van der Waals surface area contributed by atoms with Gasteiger partial charge in [0.15, 0.2) is 0 Å². The van der Waals surface area contributed by atoms with E-state index in [9.17, 15) is 9.59 Å². The Kier molecular flexibility index (Phi) is 3.87. The number of hydrogen-bond donors (Lipinski definition) is 1. The molecule has 1 unspecified atom stereocenters. The molecule has 5 nitrogen and oxygen atoms in total. The second-order valence-corrected chi connectivity index (χ2v) is 5.22. The van der Waals surface area contributed by atoms with Crippen molar-refractivity contribution in [2.24, 2.45) is 0 Å². The summed E-state index contributed by atoms with van der Waals surface area (Å²) in [4.78, 5) is 27.4. The van der Waals surface area contributed by atoms with Gasteiger partial charge in [0, 0.05) is 30.6 Å². The lowest BCUT2D eigenvalue weighted by Crippen LogP contribution is -2.13. The van der Waals surface area contributed by atoms with E-state index in [1.54, 1.807) is 18.3 Å². The first-order chi connectivity index (χ1) is 10.7. The average molecular weight is 296 g/mol. The Balaban J connectivity index is 1.90. The van der Waals surface area contributed by atoms with E-state index in [0.717, 1.165) is 11.1 Å². The molecule has 0 saturated carbocycles. The Labute approximate surface area is 128 Å². The minimum atomic E-state index is -0.405. The average Bonchev–Trinajstić information content (AvgIpc) is 3.01. The van der Waals surface area contributed by atoms with E-state index in [0.29, 0.717) is 24.2 Å². The van der Waals surface area contributed by atoms with Crippen molar-refractivity contribution < 1.29 is 14.3 Å². The molecule has 1 amide bonds. The van der Waals surface area contributed by atoms with Gasteiger partial charge in [0.25, 0.3) is 0 Å². The van der Waals surface area contributed by atoms with Gasteiger partial charge in [-0.05, 0) is 17.7 Å². The molecule has 1 aromatic heterocycles. The third-order valence-electron chi connectivity index (χ3n) is 3.85. The molecular formula is C17H16N2O3. The van der Waals surface area contributed by atoms with Crippen LogP contribution in [0.1, 0.15) is 28.3 Å². The van der Waals surface area contributed by atoms with Gasteiger partial charge in [-0.3, -0.25) is 9.78 Å². The predicted octanol–water partition coefficient (Wildman–Crippen LogP) is 2.14. The fourth-order valence-electron chi connectivity index (χ4n) is 2.66. The van der Waals surface area contributed by atoms with Gasteiger partial charge in [-0.15, -0.1) is 0 Å². The maximum absolute atomic E-state index is 11.8. The number of pyridine rings is 1. The molecule has 1 atom stereocenters. The Morgan fingerprint density at radius 2 is 2.05 bits per heavy atom. The lowest BCUT2D eigenvalue weighted by atomic mass is 9.96. The number of benzene rings is 1. The zero-order chi connectivity index (χ0) is 15.5. The van der Waals surface area contributed by atoms with Crippen LogP contribution in [0.4, 0.5) is 0 Å². The second kappa shape index (κ2) is 5.97. The second-order valence-electron chi connectivity index (χ2n) is 5.22. The van der Waals surface area contributed by atoms with Crippen LogP contribution in [0.15, 0.2) is 42.6 Å². The maximum Gasteiger partial charge on any atom is 0.340 e. The zero-order valence-corrected chi connectivity index (χ0v) is 12.2. The molecule has 0 aliphatic carbocycles. The van der Waals surface area contributed by atoms with Crippen LogP contribution in [0, 0.1) is 0 Å². The van der Waals surface area contributed by atoms with Crippen molar-refractivity contribution in [3.05, 3.63) is 53.7 Å². The summed E-state index contributed by atoms with van der Waals surface area (Å²) in [7, 11) is 1.35. The van der Waals surface area contributed by atoms with Crippen molar-refractivity contribution in [2.45, 2.75) is 12.3 Å². The Morgan fingerprint density at radius 1 is 1.27 bits per heavy atom. The van der Waals surface area contributed by atoms with Crippen molar-refractivity contribution in [2.75, 3.05) is 13.7 Å². The SMILES string of the molecule is COC(=O)c1cccnc1-c1ccc(C2CNC(=O)C2)cc1. The third kappa shape index (κ3) is 2.70. The minimum Gasteiger partial charge on any atom is -0.465 e. The summed E-state index contributed by atoms with van der Waals surface area (Å²) in [5, 5.41) is 2.83. The summed E-state index contributed by atoms with van der Waals surface area (Å²) in [5.74, 6) is -0.102. The standard InChI is InChI=1S/C17H16N2O3/c1-22-17(21)14-3-2-8-18-16(14)12-6-4-11(5-7-12)13-9-15(20)19-10-13/h2-8,13H,9-10H2,1H3,(H,19,20). The zero-order valence-electron chi connectivity index (χ0n) is 12.2. The lowest BCUT2D eigenvalue weighted by Gasteiger charge is -2.10. The van der Waals surface area contributed by atoms with E-state index < -0.39 is 5.97 Å². The fraction of sp³-hybridized carbons (Fsp3) is 0.235. The normalized spacial score (nSPS) is 17.1. The molecular weight excluding hydrogens is 280 g/mol. The van der Waals surface area contributed by atoms with E-state index in [1.165, 1.54) is 7.11 Å². The highest BCUT2D eigenvalue weighted by molar-refractivity contribution is 5.96. The number of rotatable bonds is 3. The molecule has 1 saturated heterocycles. The van der Waals surface area contributed by atoms with E-state index in [2.05, 4.69) is 10.3 Å². The van der Waals surface area contributed by atoms with Crippen LogP contribution < -0.4 is 5.32 Å². The van der Waals surface area contributed by atoms with Gasteiger partial charge in [0.2, 0.25) is 5.91 Å². The van der Waals surface area contributed by atoms with Crippen molar-refractivity contribution in [3.63, 3.8) is 0 Å². The van der Waals surface area contributed by atoms with Crippen LogP contribution in [0.3, 0.4) is 0 Å². The number of amides is 1. The summed E-state index contributed by atoms with van der Waals surface area (Å²) in [5.41, 5.74) is 3.00. The van der Waals surface area contributed by atoms with Crippen LogP contribution >= 0.6 is 0 Å². The van der Waals surface area contributed by atoms with Crippen molar-refractivity contribution in [3.8, 4) is 11.3 Å². The highest BCUT2D eigenvalue weighted by atomic mass is 16.5. The molecule has 2 aromatic rings. The molecule has 112 valence electrons. The first-order valence-corrected chi connectivity index (χ1v) is 7.09. The quantitative estimate of drug-likeness (QED) is 0.881. The van der Waals surface area contributed by atoms with E-state index in [4.69, 9.17) is 4.74 Å². The highest BCUT2D eigenvalue weighted by Gasteiger charge is 2.23. The molecule has 1 aromatic carbocycles. The Bertz CT molecular complexity index is 710. The smallest absolute Gasteiger partial charge is 0.340 e. The number of aromatic nitrogens is 1. The fourth-order valence-corrected chi connectivity index (χ4v) is 2.66. The van der Waals surface area contributed by atoms with Crippen molar-refractivity contribution >= 4 is 11.9 Å². The Morgan fingerprint density at radius 3 is 2.68 bits per heavy atom. The van der Waals surface area contributed by atoms with Crippen LogP contribution in [0.5, 0.6) is 0 Å². The summed E-state index contributed by atoms with van der Waals surface area (Å²) in [6, 6.07) is 11.2. The number of carbonyl (C=O) groups excluding carboxylic acids is 2. The van der Waals surface area contributed by atoms with Crippen LogP contribution in [-0.2, 0) is 9.53 Å². The molecule has 2 heterocycles. The van der Waals surface area contributed by atoms with Gasteiger partial charge in [0.1, 0.15) is 0 Å². The molecule has 0 radical (unpaired) electrons. The summed E-state index contributed by atoms with van der Waals surface area (Å²) in [6.45, 7) is 0.676. The van der Waals surface area contributed by atoms with E-state index >= 15 is 0 Å². The van der Waals surface area contributed by atoms with Gasteiger partial charge < -0.3 is 10.1 Å². The third-order valence-corrected chi connectivity index (χ3v) is 3.85. The van der Waals surface area contributed by atoms with Gasteiger partial charge in [-0.25, -0.2) is 4.79 Å². The number of methoxy groups -OCH3 is 1. The summed E-state index contributed by atoms with van der Waals surface area (Å²) < 4.78 is 4.79.